The first-order valence-corrected chi connectivity index (χ1v) is 9.99. The monoisotopic (exact) mass is 411 g/mol. The predicted molar refractivity (Wildman–Crippen MR) is 115 cm³/mol. The largest absolute Gasteiger partial charge is 0.444 e. The second-order valence-corrected chi connectivity index (χ2v) is 8.28. The summed E-state index contributed by atoms with van der Waals surface area (Å²) in [6.45, 7) is 6.39. The van der Waals surface area contributed by atoms with Crippen molar-refractivity contribution >= 4 is 22.9 Å². The summed E-state index contributed by atoms with van der Waals surface area (Å²) in [6.07, 6.45) is 6.95. The fraction of sp³-hybridized carbons (Fsp3) is 0.409. The van der Waals surface area contributed by atoms with Gasteiger partial charge in [0.1, 0.15) is 11.6 Å². The number of hydrogen-bond acceptors (Lipinski definition) is 4. The molecule has 0 aliphatic rings. The average molecular weight is 412 g/mol. The average Bonchev–Trinajstić information content (AvgIpc) is 3.28. The smallest absolute Gasteiger partial charge is 0.408 e. The van der Waals surface area contributed by atoms with Crippen LogP contribution >= 0.6 is 0 Å². The molecule has 2 aromatic heterocycles. The molecule has 30 heavy (non-hydrogen) atoms. The summed E-state index contributed by atoms with van der Waals surface area (Å²) in [5, 5.41) is 6.70. The Morgan fingerprint density at radius 3 is 2.70 bits per heavy atom. The summed E-state index contributed by atoms with van der Waals surface area (Å²) < 4.78 is 9.26. The molecule has 1 unspecified atom stereocenters. The number of carbonyl (C=O) groups is 2. The van der Waals surface area contributed by atoms with Gasteiger partial charge in [-0.15, -0.1) is 0 Å². The fourth-order valence-electron chi connectivity index (χ4n) is 3.32. The lowest BCUT2D eigenvalue weighted by atomic mass is 10.0. The van der Waals surface area contributed by atoms with E-state index in [2.05, 4.69) is 15.6 Å². The van der Waals surface area contributed by atoms with Crippen LogP contribution in [0.1, 0.15) is 26.3 Å². The van der Waals surface area contributed by atoms with Crippen molar-refractivity contribution in [2.75, 3.05) is 6.54 Å². The van der Waals surface area contributed by atoms with E-state index in [0.717, 1.165) is 16.5 Å². The van der Waals surface area contributed by atoms with Crippen LogP contribution in [0.2, 0.25) is 0 Å². The summed E-state index contributed by atoms with van der Waals surface area (Å²) >= 11 is 0. The number of nitrogens with one attached hydrogen (secondary N) is 2. The van der Waals surface area contributed by atoms with Crippen LogP contribution in [0.5, 0.6) is 0 Å². The Kier molecular flexibility index (Phi) is 6.44. The molecule has 2 heterocycles. The van der Waals surface area contributed by atoms with Crippen molar-refractivity contribution in [2.24, 2.45) is 7.05 Å². The summed E-state index contributed by atoms with van der Waals surface area (Å²) in [5.41, 5.74) is 1.41. The molecule has 8 heteroatoms. The molecule has 160 valence electrons. The number of imidazole rings is 1. The molecular formula is C22H29N5O3. The minimum Gasteiger partial charge on any atom is -0.444 e. The van der Waals surface area contributed by atoms with E-state index >= 15 is 0 Å². The Morgan fingerprint density at radius 2 is 2.00 bits per heavy atom. The number of carbonyl (C=O) groups excluding carboxylic acids is 2. The maximum Gasteiger partial charge on any atom is 0.408 e. The van der Waals surface area contributed by atoms with Crippen molar-refractivity contribution in [2.45, 2.75) is 45.4 Å². The third kappa shape index (κ3) is 5.62. The SMILES string of the molecule is Cn1cc(CC(NC(=O)OC(C)(C)C)C(=O)NCCn2ccnc2)c2ccccc21. The normalized spacial score (nSPS) is 12.5. The minimum atomic E-state index is -0.756. The van der Waals surface area contributed by atoms with Crippen molar-refractivity contribution in [3.05, 3.63) is 54.7 Å². The fourth-order valence-corrected chi connectivity index (χ4v) is 3.32. The maximum absolute atomic E-state index is 12.9. The molecule has 3 aromatic rings. The van der Waals surface area contributed by atoms with E-state index < -0.39 is 17.7 Å². The third-order valence-corrected chi connectivity index (χ3v) is 4.64. The standard InChI is InChI=1S/C22H29N5O3/c1-22(2,3)30-21(29)25-18(20(28)24-10-12-27-11-9-23-15-27)13-16-14-26(4)19-8-6-5-7-17(16)19/h5-9,11,14-15,18H,10,12-13H2,1-4H3,(H,24,28)(H,25,29). The number of aromatic nitrogens is 3. The highest BCUT2D eigenvalue weighted by Gasteiger charge is 2.25. The van der Waals surface area contributed by atoms with Crippen LogP contribution in [0.15, 0.2) is 49.2 Å². The maximum atomic E-state index is 12.9. The number of alkyl carbamates (subject to hydrolysis) is 1. The van der Waals surface area contributed by atoms with E-state index in [1.165, 1.54) is 0 Å². The molecule has 0 radical (unpaired) electrons. The molecule has 0 saturated heterocycles. The zero-order chi connectivity index (χ0) is 21.7. The van der Waals surface area contributed by atoms with Crippen molar-refractivity contribution in [3.8, 4) is 0 Å². The van der Waals surface area contributed by atoms with Gasteiger partial charge < -0.3 is 24.5 Å². The molecule has 2 amide bonds. The van der Waals surface area contributed by atoms with Gasteiger partial charge in [-0.3, -0.25) is 4.79 Å². The molecule has 8 nitrogen and oxygen atoms in total. The van der Waals surface area contributed by atoms with Crippen LogP contribution in [-0.2, 0) is 29.5 Å². The van der Waals surface area contributed by atoms with Gasteiger partial charge in [0.25, 0.3) is 0 Å². The number of rotatable bonds is 7. The Balaban J connectivity index is 1.73. The van der Waals surface area contributed by atoms with Gasteiger partial charge in [0.05, 0.1) is 6.33 Å². The first-order valence-electron chi connectivity index (χ1n) is 9.99. The Labute approximate surface area is 176 Å². The van der Waals surface area contributed by atoms with Crippen molar-refractivity contribution in [1.82, 2.24) is 24.8 Å². The topological polar surface area (TPSA) is 90.2 Å². The minimum absolute atomic E-state index is 0.256. The lowest BCUT2D eigenvalue weighted by Crippen LogP contribution is -2.49. The van der Waals surface area contributed by atoms with Crippen LogP contribution in [0.4, 0.5) is 4.79 Å². The second kappa shape index (κ2) is 9.02. The molecule has 0 saturated carbocycles. The Bertz CT molecular complexity index is 1000. The summed E-state index contributed by atoms with van der Waals surface area (Å²) in [4.78, 5) is 29.3. The van der Waals surface area contributed by atoms with Gasteiger partial charge in [-0.05, 0) is 32.4 Å². The molecule has 3 rings (SSSR count). The number of hydrogen-bond donors (Lipinski definition) is 2. The Hall–Kier alpha value is -3.29. The number of amides is 2. The third-order valence-electron chi connectivity index (χ3n) is 4.64. The van der Waals surface area contributed by atoms with Gasteiger partial charge in [0.2, 0.25) is 5.91 Å². The lowest BCUT2D eigenvalue weighted by Gasteiger charge is -2.23. The molecule has 0 bridgehead atoms. The van der Waals surface area contributed by atoms with Crippen molar-refractivity contribution < 1.29 is 14.3 Å². The van der Waals surface area contributed by atoms with E-state index in [-0.39, 0.29) is 5.91 Å². The highest BCUT2D eigenvalue weighted by atomic mass is 16.6. The van der Waals surface area contributed by atoms with Gasteiger partial charge in [-0.2, -0.15) is 0 Å². The number of para-hydroxylation sites is 1. The molecule has 2 N–H and O–H groups in total. The van der Waals surface area contributed by atoms with E-state index in [0.29, 0.717) is 19.5 Å². The highest BCUT2D eigenvalue weighted by molar-refractivity contribution is 5.88. The number of benzene rings is 1. The second-order valence-electron chi connectivity index (χ2n) is 8.28. The zero-order valence-corrected chi connectivity index (χ0v) is 17.9. The van der Waals surface area contributed by atoms with E-state index in [1.807, 2.05) is 52.8 Å². The summed E-state index contributed by atoms with van der Waals surface area (Å²) in [5.74, 6) is -0.256. The summed E-state index contributed by atoms with van der Waals surface area (Å²) in [7, 11) is 1.97. The molecule has 1 atom stereocenters. The van der Waals surface area contributed by atoms with E-state index in [4.69, 9.17) is 4.74 Å². The predicted octanol–water partition coefficient (Wildman–Crippen LogP) is 2.63. The molecule has 0 spiro atoms. The van der Waals surface area contributed by atoms with Gasteiger partial charge in [0.15, 0.2) is 0 Å². The molecule has 0 fully saturated rings. The van der Waals surface area contributed by atoms with Crippen molar-refractivity contribution in [1.29, 1.82) is 0 Å². The van der Waals surface area contributed by atoms with Gasteiger partial charge >= 0.3 is 6.09 Å². The van der Waals surface area contributed by atoms with E-state index in [9.17, 15) is 9.59 Å². The van der Waals surface area contributed by atoms with Crippen LogP contribution in [0, 0.1) is 0 Å². The Morgan fingerprint density at radius 1 is 1.23 bits per heavy atom. The molecular weight excluding hydrogens is 382 g/mol. The number of aryl methyl sites for hydroxylation is 1. The van der Waals surface area contributed by atoms with Gasteiger partial charge in [0, 0.05) is 56.1 Å². The van der Waals surface area contributed by atoms with Crippen LogP contribution < -0.4 is 10.6 Å². The van der Waals surface area contributed by atoms with Crippen LogP contribution in [-0.4, -0.2) is 44.3 Å². The van der Waals surface area contributed by atoms with Crippen molar-refractivity contribution in [3.63, 3.8) is 0 Å². The zero-order valence-electron chi connectivity index (χ0n) is 17.9. The number of ether oxygens (including phenoxy) is 1. The molecule has 0 aliphatic heterocycles. The first kappa shape index (κ1) is 21.4. The quantitative estimate of drug-likeness (QED) is 0.625. The number of fused-ring (bicyclic) bond motifs is 1. The molecule has 1 aromatic carbocycles. The molecule has 0 aliphatic carbocycles. The first-order chi connectivity index (χ1) is 14.2. The number of nitrogens with zero attached hydrogens (tertiary/aromatic N) is 3. The van der Waals surface area contributed by atoms with E-state index in [1.54, 1.807) is 33.3 Å². The van der Waals surface area contributed by atoms with Crippen LogP contribution in [0.25, 0.3) is 10.9 Å². The van der Waals surface area contributed by atoms with Gasteiger partial charge in [-0.25, -0.2) is 9.78 Å². The van der Waals surface area contributed by atoms with Gasteiger partial charge in [-0.1, -0.05) is 18.2 Å². The van der Waals surface area contributed by atoms with Crippen LogP contribution in [0.3, 0.4) is 0 Å². The summed E-state index contributed by atoms with van der Waals surface area (Å²) in [6, 6.07) is 7.24. The highest BCUT2D eigenvalue weighted by Crippen LogP contribution is 2.21. The lowest BCUT2D eigenvalue weighted by molar-refractivity contribution is -0.123.